The molecule has 0 radical (unpaired) electrons. The van der Waals surface area contributed by atoms with E-state index in [0.29, 0.717) is 19.6 Å². The average Bonchev–Trinajstić information content (AvgIpc) is 2.46. The molecule has 0 spiro atoms. The Bertz CT molecular complexity index is 395. The van der Waals surface area contributed by atoms with Crippen molar-refractivity contribution in [3.8, 4) is 0 Å². The molecule has 0 aliphatic rings. The summed E-state index contributed by atoms with van der Waals surface area (Å²) in [6.07, 6.45) is 1.49. The number of carbonyl (C=O) groups is 1. The molecule has 2 N–H and O–H groups in total. The van der Waals surface area contributed by atoms with Gasteiger partial charge >= 0.3 is 0 Å². The Morgan fingerprint density at radius 3 is 2.55 bits per heavy atom. The lowest BCUT2D eigenvalue weighted by molar-refractivity contribution is -0.135. The predicted octanol–water partition coefficient (Wildman–Crippen LogP) is 1.83. The molecule has 0 saturated carbocycles. The largest absolute Gasteiger partial charge is 0.383 e. The van der Waals surface area contributed by atoms with E-state index in [9.17, 15) is 4.79 Å². The van der Waals surface area contributed by atoms with Gasteiger partial charge in [0.15, 0.2) is 0 Å². The minimum atomic E-state index is -0.450. The van der Waals surface area contributed by atoms with Gasteiger partial charge in [-0.3, -0.25) is 4.79 Å². The number of aryl methyl sites for hydroxylation is 1. The fraction of sp³-hybridized carbons (Fsp3) is 0.562. The summed E-state index contributed by atoms with van der Waals surface area (Å²) >= 11 is 0. The SMILES string of the molecule is CCN(C(=O)C(N)CCc1ccccc1)C(C)COC. The minimum Gasteiger partial charge on any atom is -0.383 e. The maximum Gasteiger partial charge on any atom is 0.239 e. The molecule has 1 aromatic rings. The van der Waals surface area contributed by atoms with E-state index >= 15 is 0 Å². The standard InChI is InChI=1S/C16H26N2O2/c1-4-18(13(2)12-20-3)16(19)15(17)11-10-14-8-6-5-7-9-14/h5-9,13,15H,4,10-12,17H2,1-3H3. The molecule has 1 rings (SSSR count). The van der Waals surface area contributed by atoms with Gasteiger partial charge in [0.1, 0.15) is 0 Å². The van der Waals surface area contributed by atoms with Crippen molar-refractivity contribution in [1.29, 1.82) is 0 Å². The number of ether oxygens (including phenoxy) is 1. The third-order valence-corrected chi connectivity index (χ3v) is 3.47. The number of nitrogens with zero attached hydrogens (tertiary/aromatic N) is 1. The van der Waals surface area contributed by atoms with Crippen molar-refractivity contribution in [2.24, 2.45) is 5.73 Å². The van der Waals surface area contributed by atoms with E-state index in [0.717, 1.165) is 6.42 Å². The molecule has 0 aliphatic heterocycles. The van der Waals surface area contributed by atoms with Crippen LogP contribution >= 0.6 is 0 Å². The first-order chi connectivity index (χ1) is 9.60. The van der Waals surface area contributed by atoms with Crippen LogP contribution in [0.4, 0.5) is 0 Å². The van der Waals surface area contributed by atoms with Crippen LogP contribution in [0.5, 0.6) is 0 Å². The summed E-state index contributed by atoms with van der Waals surface area (Å²) in [6, 6.07) is 9.71. The second-order valence-corrected chi connectivity index (χ2v) is 5.06. The monoisotopic (exact) mass is 278 g/mol. The van der Waals surface area contributed by atoms with Gasteiger partial charge in [-0.25, -0.2) is 0 Å². The molecule has 0 bridgehead atoms. The van der Waals surface area contributed by atoms with Crippen LogP contribution in [0.1, 0.15) is 25.8 Å². The number of hydrogen-bond donors (Lipinski definition) is 1. The maximum absolute atomic E-state index is 12.4. The Morgan fingerprint density at radius 1 is 1.35 bits per heavy atom. The Labute approximate surface area is 121 Å². The molecule has 2 unspecified atom stereocenters. The molecule has 0 saturated heterocycles. The van der Waals surface area contributed by atoms with Crippen LogP contribution in [0, 0.1) is 0 Å². The van der Waals surface area contributed by atoms with Gasteiger partial charge in [0.25, 0.3) is 0 Å². The second-order valence-electron chi connectivity index (χ2n) is 5.06. The number of likely N-dealkylation sites (N-methyl/N-ethyl adjacent to an activating group) is 1. The summed E-state index contributed by atoms with van der Waals surface area (Å²) in [7, 11) is 1.64. The van der Waals surface area contributed by atoms with Crippen molar-refractivity contribution >= 4 is 5.91 Å². The lowest BCUT2D eigenvalue weighted by Crippen LogP contribution is -2.49. The highest BCUT2D eigenvalue weighted by atomic mass is 16.5. The van der Waals surface area contributed by atoms with E-state index in [-0.39, 0.29) is 11.9 Å². The number of methoxy groups -OCH3 is 1. The third kappa shape index (κ3) is 4.94. The summed E-state index contributed by atoms with van der Waals surface area (Å²) in [5, 5.41) is 0. The molecule has 1 amide bonds. The van der Waals surface area contributed by atoms with Crippen LogP contribution in [-0.2, 0) is 16.0 Å². The number of carbonyl (C=O) groups excluding carboxylic acids is 1. The van der Waals surface area contributed by atoms with Crippen molar-refractivity contribution in [2.75, 3.05) is 20.3 Å². The van der Waals surface area contributed by atoms with E-state index < -0.39 is 6.04 Å². The number of nitrogens with two attached hydrogens (primary N) is 1. The molecule has 112 valence electrons. The lowest BCUT2D eigenvalue weighted by Gasteiger charge is -2.30. The van der Waals surface area contributed by atoms with Crippen molar-refractivity contribution < 1.29 is 9.53 Å². The smallest absolute Gasteiger partial charge is 0.239 e. The van der Waals surface area contributed by atoms with Gasteiger partial charge < -0.3 is 15.4 Å². The molecule has 20 heavy (non-hydrogen) atoms. The van der Waals surface area contributed by atoms with Gasteiger partial charge in [0, 0.05) is 13.7 Å². The van der Waals surface area contributed by atoms with Crippen LogP contribution in [0.15, 0.2) is 30.3 Å². The van der Waals surface area contributed by atoms with Crippen LogP contribution in [0.3, 0.4) is 0 Å². The first-order valence-electron chi connectivity index (χ1n) is 7.19. The topological polar surface area (TPSA) is 55.6 Å². The molecule has 4 heteroatoms. The summed E-state index contributed by atoms with van der Waals surface area (Å²) < 4.78 is 5.11. The minimum absolute atomic E-state index is 0.00739. The quantitative estimate of drug-likeness (QED) is 0.789. The fourth-order valence-electron chi connectivity index (χ4n) is 2.32. The molecule has 0 aromatic heterocycles. The molecular weight excluding hydrogens is 252 g/mol. The molecule has 2 atom stereocenters. The fourth-order valence-corrected chi connectivity index (χ4v) is 2.32. The Kier molecular flexibility index (Phi) is 7.26. The normalized spacial score (nSPS) is 13.8. The number of benzene rings is 1. The van der Waals surface area contributed by atoms with Gasteiger partial charge in [-0.15, -0.1) is 0 Å². The van der Waals surface area contributed by atoms with Crippen LogP contribution in [0.25, 0.3) is 0 Å². The van der Waals surface area contributed by atoms with E-state index in [4.69, 9.17) is 10.5 Å². The highest BCUT2D eigenvalue weighted by Gasteiger charge is 2.23. The molecular formula is C16H26N2O2. The zero-order chi connectivity index (χ0) is 15.0. The summed E-state index contributed by atoms with van der Waals surface area (Å²) in [5.74, 6) is 0.00739. The van der Waals surface area contributed by atoms with E-state index in [1.54, 1.807) is 12.0 Å². The summed E-state index contributed by atoms with van der Waals surface area (Å²) in [4.78, 5) is 14.1. The first-order valence-corrected chi connectivity index (χ1v) is 7.19. The number of rotatable bonds is 8. The molecule has 0 heterocycles. The molecule has 0 aliphatic carbocycles. The van der Waals surface area contributed by atoms with Crippen molar-refractivity contribution in [2.45, 2.75) is 38.8 Å². The molecule has 1 aromatic carbocycles. The lowest BCUT2D eigenvalue weighted by atomic mass is 10.0. The highest BCUT2D eigenvalue weighted by Crippen LogP contribution is 2.08. The number of amides is 1. The number of hydrogen-bond acceptors (Lipinski definition) is 3. The average molecular weight is 278 g/mol. The molecule has 0 fully saturated rings. The molecule has 4 nitrogen and oxygen atoms in total. The van der Waals surface area contributed by atoms with E-state index in [2.05, 4.69) is 12.1 Å². The predicted molar refractivity (Wildman–Crippen MR) is 81.5 cm³/mol. The highest BCUT2D eigenvalue weighted by molar-refractivity contribution is 5.81. The van der Waals surface area contributed by atoms with Gasteiger partial charge in [-0.2, -0.15) is 0 Å². The van der Waals surface area contributed by atoms with Crippen LogP contribution in [-0.4, -0.2) is 43.2 Å². The zero-order valence-corrected chi connectivity index (χ0v) is 12.7. The van der Waals surface area contributed by atoms with Gasteiger partial charge in [0.05, 0.1) is 18.7 Å². The van der Waals surface area contributed by atoms with E-state index in [1.807, 2.05) is 32.0 Å². The second kappa shape index (κ2) is 8.72. The maximum atomic E-state index is 12.4. The van der Waals surface area contributed by atoms with Crippen molar-refractivity contribution in [1.82, 2.24) is 4.90 Å². The first kappa shape index (κ1) is 16.7. The Hall–Kier alpha value is -1.39. The van der Waals surface area contributed by atoms with Gasteiger partial charge in [-0.1, -0.05) is 30.3 Å². The van der Waals surface area contributed by atoms with Crippen LogP contribution < -0.4 is 5.73 Å². The Balaban J connectivity index is 2.52. The zero-order valence-electron chi connectivity index (χ0n) is 12.7. The Morgan fingerprint density at radius 2 is 2.00 bits per heavy atom. The van der Waals surface area contributed by atoms with Crippen molar-refractivity contribution in [3.05, 3.63) is 35.9 Å². The van der Waals surface area contributed by atoms with E-state index in [1.165, 1.54) is 5.56 Å². The summed E-state index contributed by atoms with van der Waals surface area (Å²) in [6.45, 7) is 5.14. The van der Waals surface area contributed by atoms with Gasteiger partial charge in [0.2, 0.25) is 5.91 Å². The third-order valence-electron chi connectivity index (χ3n) is 3.47. The summed E-state index contributed by atoms with van der Waals surface area (Å²) in [5.41, 5.74) is 7.26. The van der Waals surface area contributed by atoms with Crippen molar-refractivity contribution in [3.63, 3.8) is 0 Å². The van der Waals surface area contributed by atoms with Crippen LogP contribution in [0.2, 0.25) is 0 Å². The van der Waals surface area contributed by atoms with Gasteiger partial charge in [-0.05, 0) is 32.3 Å².